The van der Waals surface area contributed by atoms with Gasteiger partial charge in [0.25, 0.3) is 0 Å². The first kappa shape index (κ1) is 46.9. The predicted molar refractivity (Wildman–Crippen MR) is 358 cm³/mol. The first-order chi connectivity index (χ1) is 40.7. The van der Waals surface area contributed by atoms with Gasteiger partial charge in [-0.25, -0.2) is 0 Å². The van der Waals surface area contributed by atoms with Crippen LogP contribution in [0, 0.1) is 0 Å². The van der Waals surface area contributed by atoms with Crippen molar-refractivity contribution in [3.63, 3.8) is 0 Å². The molecule has 0 nitrogen and oxygen atoms in total. The van der Waals surface area contributed by atoms with Gasteiger partial charge in [-0.05, 0) is 162 Å². The summed E-state index contributed by atoms with van der Waals surface area (Å²) >= 11 is 3.78. The second-order valence-electron chi connectivity index (χ2n) is 21.7. The summed E-state index contributed by atoms with van der Waals surface area (Å²) in [7, 11) is 0. The van der Waals surface area contributed by atoms with Gasteiger partial charge < -0.3 is 0 Å². The Labute approximate surface area is 482 Å². The van der Waals surface area contributed by atoms with Crippen LogP contribution >= 0.6 is 22.7 Å². The SMILES string of the molecule is c1ccc(-c2ccc(-c3c4ccccc4c(-c4cccc5sc6ccccc6c45)c4ccc(-c5ccc6c(c5)sc5cccc(-c7c8ccccc8c(-c8ccccc8-c8cccc9ccccc89)c8ccccc78)c56)cc34)cc2)cc1. The average Bonchev–Trinajstić information content (AvgIpc) is 1.75. The quantitative estimate of drug-likeness (QED) is 0.140. The van der Waals surface area contributed by atoms with Gasteiger partial charge in [0, 0.05) is 40.3 Å². The van der Waals surface area contributed by atoms with Gasteiger partial charge in [-0.15, -0.1) is 22.7 Å². The molecule has 17 aromatic rings. The molecule has 2 aromatic heterocycles. The molecule has 15 aromatic carbocycles. The van der Waals surface area contributed by atoms with Crippen molar-refractivity contribution in [3.05, 3.63) is 291 Å². The number of hydrogen-bond acceptors (Lipinski definition) is 2. The minimum Gasteiger partial charge on any atom is -0.135 e. The van der Waals surface area contributed by atoms with Crippen molar-refractivity contribution in [1.82, 2.24) is 0 Å². The lowest BCUT2D eigenvalue weighted by Gasteiger charge is -2.20. The largest absolute Gasteiger partial charge is 0.135 e. The van der Waals surface area contributed by atoms with E-state index < -0.39 is 0 Å². The van der Waals surface area contributed by atoms with Crippen molar-refractivity contribution in [2.45, 2.75) is 0 Å². The maximum absolute atomic E-state index is 2.48. The Morgan fingerprint density at radius 1 is 0.171 bits per heavy atom. The molecule has 0 fully saturated rings. The molecule has 0 atom stereocenters. The van der Waals surface area contributed by atoms with E-state index >= 15 is 0 Å². The topological polar surface area (TPSA) is 0 Å². The van der Waals surface area contributed by atoms with Gasteiger partial charge in [-0.1, -0.05) is 261 Å². The van der Waals surface area contributed by atoms with Crippen LogP contribution in [0.3, 0.4) is 0 Å². The summed E-state index contributed by atoms with van der Waals surface area (Å²) < 4.78 is 5.19. The van der Waals surface area contributed by atoms with Crippen molar-refractivity contribution in [2.24, 2.45) is 0 Å². The Morgan fingerprint density at radius 2 is 0.549 bits per heavy atom. The molecule has 0 aliphatic carbocycles. The molecule has 82 heavy (non-hydrogen) atoms. The van der Waals surface area contributed by atoms with E-state index in [2.05, 4.69) is 291 Å². The molecular formula is C80H48S2. The maximum atomic E-state index is 2.48. The van der Waals surface area contributed by atoms with Crippen LogP contribution in [-0.4, -0.2) is 0 Å². The number of rotatable bonds is 7. The summed E-state index contributed by atoms with van der Waals surface area (Å²) in [4.78, 5) is 0. The van der Waals surface area contributed by atoms with Crippen molar-refractivity contribution in [2.75, 3.05) is 0 Å². The Hall–Kier alpha value is -9.96. The van der Waals surface area contributed by atoms with E-state index in [9.17, 15) is 0 Å². The van der Waals surface area contributed by atoms with Gasteiger partial charge >= 0.3 is 0 Å². The fourth-order valence-electron chi connectivity index (χ4n) is 13.7. The van der Waals surface area contributed by atoms with Crippen molar-refractivity contribution in [1.29, 1.82) is 0 Å². The highest BCUT2D eigenvalue weighted by molar-refractivity contribution is 7.26. The van der Waals surface area contributed by atoms with Crippen LogP contribution in [0.25, 0.3) is 172 Å². The van der Waals surface area contributed by atoms with Crippen LogP contribution < -0.4 is 0 Å². The third kappa shape index (κ3) is 7.29. The third-order valence-electron chi connectivity index (χ3n) is 17.3. The second kappa shape index (κ2) is 18.8. The number of thiophene rings is 2. The first-order valence-electron chi connectivity index (χ1n) is 28.2. The zero-order valence-electron chi connectivity index (χ0n) is 44.5. The van der Waals surface area contributed by atoms with Crippen molar-refractivity contribution >= 4 is 117 Å². The molecule has 2 heteroatoms. The fraction of sp³-hybridized carbons (Fsp3) is 0. The van der Waals surface area contributed by atoms with Gasteiger partial charge in [-0.2, -0.15) is 0 Å². The van der Waals surface area contributed by atoms with Crippen LogP contribution in [0.1, 0.15) is 0 Å². The third-order valence-corrected chi connectivity index (χ3v) is 19.5. The molecule has 2 heterocycles. The van der Waals surface area contributed by atoms with Gasteiger partial charge in [-0.3, -0.25) is 0 Å². The van der Waals surface area contributed by atoms with Crippen LogP contribution in [-0.2, 0) is 0 Å². The van der Waals surface area contributed by atoms with E-state index in [0.717, 1.165) is 0 Å². The normalized spacial score (nSPS) is 11.9. The molecule has 0 aliphatic rings. The van der Waals surface area contributed by atoms with Crippen LogP contribution in [0.5, 0.6) is 0 Å². The molecule has 380 valence electrons. The Bertz CT molecular complexity index is 5380. The van der Waals surface area contributed by atoms with Gasteiger partial charge in [0.05, 0.1) is 0 Å². The molecule has 0 unspecified atom stereocenters. The standard InChI is InChI=1S/C80H48S2/c1-2-19-49(20-3-1)50-39-41-52(42-40-50)75-59-26-8-9-27-60(59)78(69-35-17-37-72-79(69)66-32-14-15-36-71(66)81-72)65-45-43-53(47-70(65)75)54-44-46-67-74(48-54)82-73-38-18-34-68(80(67)73)77-63-30-12-10-28-61(63)76(62-29-11-13-31-64(62)77)58-25-7-6-24-57(58)56-33-16-22-51-21-4-5-23-55(51)56/h1-48H. The van der Waals surface area contributed by atoms with Gasteiger partial charge in [0.2, 0.25) is 0 Å². The van der Waals surface area contributed by atoms with Crippen molar-refractivity contribution in [3.8, 4) is 77.9 Å². The second-order valence-corrected chi connectivity index (χ2v) is 23.8. The van der Waals surface area contributed by atoms with E-state index in [1.807, 2.05) is 22.7 Å². The summed E-state index contributed by atoms with van der Waals surface area (Å²) in [5, 5.41) is 17.7. The molecule has 0 saturated carbocycles. The molecule has 17 rings (SSSR count). The van der Waals surface area contributed by atoms with E-state index in [1.54, 1.807) is 0 Å². The summed E-state index contributed by atoms with van der Waals surface area (Å²) in [5.74, 6) is 0. The minimum atomic E-state index is 1.20. The minimum absolute atomic E-state index is 1.20. The van der Waals surface area contributed by atoms with E-state index in [1.165, 1.54) is 172 Å². The number of benzene rings is 15. The average molecular weight is 1070 g/mol. The van der Waals surface area contributed by atoms with E-state index in [-0.39, 0.29) is 0 Å². The summed E-state index contributed by atoms with van der Waals surface area (Å²) in [6.45, 7) is 0. The summed E-state index contributed by atoms with van der Waals surface area (Å²) in [6.07, 6.45) is 0. The van der Waals surface area contributed by atoms with Gasteiger partial charge in [0.15, 0.2) is 0 Å². The zero-order chi connectivity index (χ0) is 53.8. The summed E-state index contributed by atoms with van der Waals surface area (Å²) in [6, 6.07) is 109. The highest BCUT2D eigenvalue weighted by Gasteiger charge is 2.24. The molecular weight excluding hydrogens is 1030 g/mol. The highest BCUT2D eigenvalue weighted by Crippen LogP contribution is 2.52. The highest BCUT2D eigenvalue weighted by atomic mass is 32.1. The predicted octanol–water partition coefficient (Wildman–Crippen LogP) is 23.9. The molecule has 0 bridgehead atoms. The Kier molecular flexibility index (Phi) is 10.8. The molecule has 0 aliphatic heterocycles. The van der Waals surface area contributed by atoms with Crippen LogP contribution in [0.4, 0.5) is 0 Å². The Morgan fingerprint density at radius 3 is 1.20 bits per heavy atom. The molecule has 0 amide bonds. The maximum Gasteiger partial charge on any atom is 0.0361 e. The molecule has 0 spiro atoms. The lowest BCUT2D eigenvalue weighted by Crippen LogP contribution is -1.93. The van der Waals surface area contributed by atoms with Crippen LogP contribution in [0.15, 0.2) is 291 Å². The molecule has 0 saturated heterocycles. The van der Waals surface area contributed by atoms with E-state index in [0.29, 0.717) is 0 Å². The Balaban J connectivity index is 0.861. The summed E-state index contributed by atoms with van der Waals surface area (Å²) in [5.41, 5.74) is 17.4. The monoisotopic (exact) mass is 1070 g/mol. The van der Waals surface area contributed by atoms with Crippen molar-refractivity contribution < 1.29 is 0 Å². The number of hydrogen-bond donors (Lipinski definition) is 0. The van der Waals surface area contributed by atoms with E-state index in [4.69, 9.17) is 0 Å². The number of fused-ring (bicyclic) bond motifs is 11. The van der Waals surface area contributed by atoms with Gasteiger partial charge in [0.1, 0.15) is 0 Å². The molecule has 0 radical (unpaired) electrons. The fourth-order valence-corrected chi connectivity index (χ4v) is 16.0. The first-order valence-corrected chi connectivity index (χ1v) is 29.9. The van der Waals surface area contributed by atoms with Crippen LogP contribution in [0.2, 0.25) is 0 Å². The lowest BCUT2D eigenvalue weighted by atomic mass is 9.82. The molecule has 0 N–H and O–H groups in total. The lowest BCUT2D eigenvalue weighted by molar-refractivity contribution is 1.61. The zero-order valence-corrected chi connectivity index (χ0v) is 46.2. The smallest absolute Gasteiger partial charge is 0.0361 e.